The van der Waals surface area contributed by atoms with E-state index in [0.717, 1.165) is 16.7 Å². The molecule has 0 N–H and O–H groups in total. The van der Waals surface area contributed by atoms with Gasteiger partial charge in [0.15, 0.2) is 0 Å². The molecule has 0 spiro atoms. The Morgan fingerprint density at radius 1 is 0.875 bits per heavy atom. The number of hydrazone groups is 1. The van der Waals surface area contributed by atoms with Crippen molar-refractivity contribution in [2.45, 2.75) is 31.2 Å². The number of hydrogen-bond donors (Lipinski definition) is 0. The summed E-state index contributed by atoms with van der Waals surface area (Å²) in [6, 6.07) is 19.6. The summed E-state index contributed by atoms with van der Waals surface area (Å²) in [6.07, 6.45) is 0.414. The lowest BCUT2D eigenvalue weighted by Crippen LogP contribution is -2.27. The van der Waals surface area contributed by atoms with Gasteiger partial charge in [-0.25, -0.2) is 0 Å². The largest absolute Gasteiger partial charge is 0.497 e. The van der Waals surface area contributed by atoms with Crippen LogP contribution in [0.5, 0.6) is 11.5 Å². The molecule has 0 saturated heterocycles. The summed E-state index contributed by atoms with van der Waals surface area (Å²) in [5.41, 5.74) is 4.41. The summed E-state index contributed by atoms with van der Waals surface area (Å²) in [5.74, 6) is 1.21. The van der Waals surface area contributed by atoms with E-state index < -0.39 is 16.1 Å². The maximum atomic E-state index is 13.7. The van der Waals surface area contributed by atoms with Crippen LogP contribution in [0.4, 0.5) is 0 Å². The smallest absolute Gasteiger partial charge is 0.279 e. The second kappa shape index (κ2) is 8.67. The molecule has 0 aromatic heterocycles. The zero-order chi connectivity index (χ0) is 22.9. The third-order valence-corrected chi connectivity index (χ3v) is 7.31. The fourth-order valence-corrected chi connectivity index (χ4v) is 5.21. The maximum absolute atomic E-state index is 13.7. The van der Waals surface area contributed by atoms with Crippen LogP contribution in [0.25, 0.3) is 0 Å². The molecule has 0 bridgehead atoms. The van der Waals surface area contributed by atoms with Crippen molar-refractivity contribution in [2.75, 3.05) is 14.2 Å². The minimum atomic E-state index is -3.90. The van der Waals surface area contributed by atoms with Gasteiger partial charge in [0, 0.05) is 12.0 Å². The van der Waals surface area contributed by atoms with E-state index in [-0.39, 0.29) is 4.90 Å². The monoisotopic (exact) mass is 450 g/mol. The molecule has 1 heterocycles. The van der Waals surface area contributed by atoms with Gasteiger partial charge in [-0.15, -0.1) is 0 Å². The fourth-order valence-electron chi connectivity index (χ4n) is 3.78. The lowest BCUT2D eigenvalue weighted by atomic mass is 9.97. The van der Waals surface area contributed by atoms with Crippen molar-refractivity contribution < 1.29 is 17.9 Å². The van der Waals surface area contributed by atoms with E-state index in [1.807, 2.05) is 44.2 Å². The van der Waals surface area contributed by atoms with Gasteiger partial charge >= 0.3 is 0 Å². The molecule has 0 aliphatic carbocycles. The minimum Gasteiger partial charge on any atom is -0.497 e. The van der Waals surface area contributed by atoms with Crippen molar-refractivity contribution in [3.05, 3.63) is 89.0 Å². The van der Waals surface area contributed by atoms with Crippen molar-refractivity contribution in [3.8, 4) is 11.5 Å². The van der Waals surface area contributed by atoms with Crippen LogP contribution in [0.15, 0.2) is 76.7 Å². The summed E-state index contributed by atoms with van der Waals surface area (Å²) in [7, 11) is -0.748. The molecular formula is C25H26N2O4S. The standard InChI is InChI=1S/C25H26N2O4S/c1-17-5-9-19(10-6-17)23-16-24(22-15-20(30-3)11-14-25(22)31-4)27(26-23)32(28,29)21-12-7-18(2)8-13-21/h5-15,24H,16H2,1-4H3. The van der Waals surface area contributed by atoms with Gasteiger partial charge in [-0.05, 0) is 49.7 Å². The van der Waals surface area contributed by atoms with E-state index in [2.05, 4.69) is 5.10 Å². The Balaban J connectivity index is 1.85. The van der Waals surface area contributed by atoms with Gasteiger partial charge in [-0.1, -0.05) is 47.5 Å². The molecule has 7 heteroatoms. The van der Waals surface area contributed by atoms with Gasteiger partial charge < -0.3 is 9.47 Å². The molecule has 1 aliphatic rings. The Morgan fingerprint density at radius 2 is 1.50 bits per heavy atom. The van der Waals surface area contributed by atoms with Gasteiger partial charge in [-0.2, -0.15) is 17.9 Å². The van der Waals surface area contributed by atoms with Crippen LogP contribution in [0.1, 0.15) is 34.7 Å². The van der Waals surface area contributed by atoms with Crippen LogP contribution in [-0.2, 0) is 10.0 Å². The van der Waals surface area contributed by atoms with Crippen molar-refractivity contribution in [1.29, 1.82) is 0 Å². The Hall–Kier alpha value is -3.32. The zero-order valence-electron chi connectivity index (χ0n) is 18.6. The number of rotatable bonds is 6. The highest BCUT2D eigenvalue weighted by Gasteiger charge is 2.39. The first kappa shape index (κ1) is 21.9. The predicted molar refractivity (Wildman–Crippen MR) is 125 cm³/mol. The molecule has 166 valence electrons. The van der Waals surface area contributed by atoms with Gasteiger partial charge in [0.1, 0.15) is 11.5 Å². The molecule has 32 heavy (non-hydrogen) atoms. The molecule has 4 rings (SSSR count). The third-order valence-electron chi connectivity index (χ3n) is 5.62. The molecule has 1 unspecified atom stereocenters. The van der Waals surface area contributed by atoms with E-state index in [4.69, 9.17) is 9.47 Å². The molecule has 1 atom stereocenters. The number of aryl methyl sites for hydroxylation is 2. The molecule has 0 amide bonds. The summed E-state index contributed by atoms with van der Waals surface area (Å²) >= 11 is 0. The van der Waals surface area contributed by atoms with E-state index in [1.54, 1.807) is 50.6 Å². The van der Waals surface area contributed by atoms with Crippen molar-refractivity contribution in [2.24, 2.45) is 5.10 Å². The quantitative estimate of drug-likeness (QED) is 0.538. The molecule has 0 radical (unpaired) electrons. The topological polar surface area (TPSA) is 68.2 Å². The number of hydrogen-bond acceptors (Lipinski definition) is 5. The first-order valence-corrected chi connectivity index (χ1v) is 11.7. The first-order chi connectivity index (χ1) is 15.3. The Morgan fingerprint density at radius 3 is 2.09 bits per heavy atom. The Kier molecular flexibility index (Phi) is 5.93. The molecule has 6 nitrogen and oxygen atoms in total. The van der Waals surface area contributed by atoms with Crippen molar-refractivity contribution in [3.63, 3.8) is 0 Å². The summed E-state index contributed by atoms with van der Waals surface area (Å²) in [6.45, 7) is 3.93. The average molecular weight is 451 g/mol. The normalized spacial score (nSPS) is 16.1. The SMILES string of the molecule is COc1ccc(OC)c(C2CC(c3ccc(C)cc3)=NN2S(=O)(=O)c2ccc(C)cc2)c1. The van der Waals surface area contributed by atoms with Crippen LogP contribution in [0.2, 0.25) is 0 Å². The number of sulfonamides is 1. The molecule has 0 fully saturated rings. The van der Waals surface area contributed by atoms with E-state index in [0.29, 0.717) is 29.2 Å². The fraction of sp³-hybridized carbons (Fsp3) is 0.240. The van der Waals surface area contributed by atoms with E-state index >= 15 is 0 Å². The molecule has 3 aromatic carbocycles. The highest BCUT2D eigenvalue weighted by Crippen LogP contribution is 2.42. The van der Waals surface area contributed by atoms with E-state index in [1.165, 1.54) is 4.41 Å². The Labute approximate surface area is 189 Å². The number of ether oxygens (including phenoxy) is 2. The number of benzene rings is 3. The van der Waals surface area contributed by atoms with Gasteiger partial charge in [0.25, 0.3) is 10.0 Å². The van der Waals surface area contributed by atoms with Crippen LogP contribution in [0.3, 0.4) is 0 Å². The van der Waals surface area contributed by atoms with Gasteiger partial charge in [0.05, 0.1) is 30.9 Å². The molecular weight excluding hydrogens is 424 g/mol. The second-order valence-corrected chi connectivity index (χ2v) is 9.63. The second-order valence-electron chi connectivity index (χ2n) is 7.83. The van der Waals surface area contributed by atoms with Crippen LogP contribution >= 0.6 is 0 Å². The van der Waals surface area contributed by atoms with Crippen molar-refractivity contribution in [1.82, 2.24) is 4.41 Å². The highest BCUT2D eigenvalue weighted by molar-refractivity contribution is 7.89. The molecule has 0 saturated carbocycles. The number of nitrogens with zero attached hydrogens (tertiary/aromatic N) is 2. The van der Waals surface area contributed by atoms with Gasteiger partial charge in [-0.3, -0.25) is 0 Å². The van der Waals surface area contributed by atoms with Gasteiger partial charge in [0.2, 0.25) is 0 Å². The highest BCUT2D eigenvalue weighted by atomic mass is 32.2. The van der Waals surface area contributed by atoms with Crippen LogP contribution in [0, 0.1) is 13.8 Å². The summed E-state index contributed by atoms with van der Waals surface area (Å²) in [5, 5.41) is 4.61. The molecule has 1 aliphatic heterocycles. The number of methoxy groups -OCH3 is 2. The Bertz CT molecular complexity index is 1250. The summed E-state index contributed by atoms with van der Waals surface area (Å²) in [4.78, 5) is 0.198. The van der Waals surface area contributed by atoms with Crippen LogP contribution in [-0.4, -0.2) is 32.8 Å². The third kappa shape index (κ3) is 4.08. The minimum absolute atomic E-state index is 0.198. The first-order valence-electron chi connectivity index (χ1n) is 10.3. The lowest BCUT2D eigenvalue weighted by Gasteiger charge is -2.25. The average Bonchev–Trinajstić information content (AvgIpc) is 3.25. The lowest BCUT2D eigenvalue weighted by molar-refractivity contribution is 0.346. The summed E-state index contributed by atoms with van der Waals surface area (Å²) < 4.78 is 39.5. The predicted octanol–water partition coefficient (Wildman–Crippen LogP) is 4.86. The van der Waals surface area contributed by atoms with E-state index in [9.17, 15) is 8.42 Å². The maximum Gasteiger partial charge on any atom is 0.279 e. The zero-order valence-corrected chi connectivity index (χ0v) is 19.4. The van der Waals surface area contributed by atoms with Crippen LogP contribution < -0.4 is 9.47 Å². The molecule has 3 aromatic rings. The van der Waals surface area contributed by atoms with Crippen molar-refractivity contribution >= 4 is 15.7 Å².